The van der Waals surface area contributed by atoms with Crippen LogP contribution in [0.5, 0.6) is 5.75 Å². The van der Waals surface area contributed by atoms with Crippen LogP contribution >= 0.6 is 0 Å². The van der Waals surface area contributed by atoms with Crippen molar-refractivity contribution in [3.63, 3.8) is 0 Å². The van der Waals surface area contributed by atoms with Crippen LogP contribution in [0.1, 0.15) is 15.9 Å². The molecule has 0 aliphatic rings. The SMILES string of the molecule is Cc1ccc(O)c(C(=O)NCC(F)(F)CO)c1. The summed E-state index contributed by atoms with van der Waals surface area (Å²) in [6.45, 7) is -0.610. The van der Waals surface area contributed by atoms with E-state index < -0.39 is 25.0 Å². The van der Waals surface area contributed by atoms with Crippen LogP contribution in [-0.4, -0.2) is 35.2 Å². The van der Waals surface area contributed by atoms with Crippen LogP contribution in [0, 0.1) is 6.92 Å². The van der Waals surface area contributed by atoms with Crippen LogP contribution < -0.4 is 5.32 Å². The molecule has 6 heteroatoms. The standard InChI is InChI=1S/C11H13F2NO3/c1-7-2-3-9(16)8(4-7)10(17)14-5-11(12,13)6-15/h2-4,15-16H,5-6H2,1H3,(H,14,17). The van der Waals surface area contributed by atoms with E-state index >= 15 is 0 Å². The highest BCUT2D eigenvalue weighted by Gasteiger charge is 2.28. The third kappa shape index (κ3) is 3.67. The van der Waals surface area contributed by atoms with Gasteiger partial charge in [-0.25, -0.2) is 8.78 Å². The summed E-state index contributed by atoms with van der Waals surface area (Å²) >= 11 is 0. The number of phenols is 1. The molecule has 4 nitrogen and oxygen atoms in total. The van der Waals surface area contributed by atoms with Crippen LogP contribution in [-0.2, 0) is 0 Å². The van der Waals surface area contributed by atoms with E-state index in [1.165, 1.54) is 12.1 Å². The summed E-state index contributed by atoms with van der Waals surface area (Å²) in [5.74, 6) is -4.45. The fourth-order valence-electron chi connectivity index (χ4n) is 1.19. The lowest BCUT2D eigenvalue weighted by molar-refractivity contribution is -0.0462. The minimum atomic E-state index is -3.37. The number of aromatic hydroxyl groups is 1. The Hall–Kier alpha value is -1.69. The van der Waals surface area contributed by atoms with Crippen LogP contribution in [0.15, 0.2) is 18.2 Å². The molecule has 0 bridgehead atoms. The van der Waals surface area contributed by atoms with Crippen molar-refractivity contribution in [2.75, 3.05) is 13.2 Å². The molecule has 0 unspecified atom stereocenters. The van der Waals surface area contributed by atoms with Crippen molar-refractivity contribution in [1.82, 2.24) is 5.32 Å². The highest BCUT2D eigenvalue weighted by Crippen LogP contribution is 2.18. The lowest BCUT2D eigenvalue weighted by Crippen LogP contribution is -2.39. The van der Waals surface area contributed by atoms with Gasteiger partial charge in [0.15, 0.2) is 0 Å². The summed E-state index contributed by atoms with van der Waals surface area (Å²) in [5.41, 5.74) is 0.653. The second kappa shape index (κ2) is 5.09. The molecular formula is C11H13F2NO3. The number of aliphatic hydroxyl groups is 1. The second-order valence-corrected chi connectivity index (χ2v) is 3.72. The van der Waals surface area contributed by atoms with Gasteiger partial charge in [0, 0.05) is 0 Å². The first-order chi connectivity index (χ1) is 7.85. The van der Waals surface area contributed by atoms with E-state index in [1.54, 1.807) is 13.0 Å². The Balaban J connectivity index is 2.74. The van der Waals surface area contributed by atoms with Gasteiger partial charge < -0.3 is 15.5 Å². The molecule has 0 radical (unpaired) electrons. The van der Waals surface area contributed by atoms with Gasteiger partial charge >= 0.3 is 0 Å². The van der Waals surface area contributed by atoms with Crippen molar-refractivity contribution in [2.24, 2.45) is 0 Å². The Morgan fingerprint density at radius 2 is 2.12 bits per heavy atom. The molecule has 1 aromatic rings. The minimum Gasteiger partial charge on any atom is -0.507 e. The molecule has 1 rings (SSSR count). The number of hydrogen-bond acceptors (Lipinski definition) is 3. The summed E-state index contributed by atoms with van der Waals surface area (Å²) in [7, 11) is 0. The molecule has 0 aliphatic heterocycles. The summed E-state index contributed by atoms with van der Waals surface area (Å²) in [6, 6.07) is 4.30. The van der Waals surface area contributed by atoms with Gasteiger partial charge in [-0.15, -0.1) is 0 Å². The predicted octanol–water partition coefficient (Wildman–Crippen LogP) is 1.06. The molecule has 94 valence electrons. The number of rotatable bonds is 4. The van der Waals surface area contributed by atoms with E-state index in [1.807, 2.05) is 5.32 Å². The zero-order chi connectivity index (χ0) is 13.1. The number of aliphatic hydroxyl groups excluding tert-OH is 1. The van der Waals surface area contributed by atoms with Gasteiger partial charge in [0.2, 0.25) is 0 Å². The van der Waals surface area contributed by atoms with Crippen molar-refractivity contribution >= 4 is 5.91 Å². The Labute approximate surface area is 96.9 Å². The number of amides is 1. The van der Waals surface area contributed by atoms with Gasteiger partial charge in [0.05, 0.1) is 12.1 Å². The zero-order valence-electron chi connectivity index (χ0n) is 9.20. The molecular weight excluding hydrogens is 232 g/mol. The maximum Gasteiger partial charge on any atom is 0.287 e. The number of benzene rings is 1. The summed E-state index contributed by atoms with van der Waals surface area (Å²) < 4.78 is 25.4. The van der Waals surface area contributed by atoms with E-state index in [-0.39, 0.29) is 11.3 Å². The number of carbonyl (C=O) groups excluding carboxylic acids is 1. The maximum absolute atomic E-state index is 12.7. The number of hydrogen-bond donors (Lipinski definition) is 3. The summed E-state index contributed by atoms with van der Waals surface area (Å²) in [4.78, 5) is 11.5. The third-order valence-corrected chi connectivity index (χ3v) is 2.14. The van der Waals surface area contributed by atoms with Crippen LogP contribution in [0.25, 0.3) is 0 Å². The Morgan fingerprint density at radius 1 is 1.47 bits per heavy atom. The number of nitrogens with one attached hydrogen (secondary N) is 1. The predicted molar refractivity (Wildman–Crippen MR) is 57.2 cm³/mol. The smallest absolute Gasteiger partial charge is 0.287 e. The highest BCUT2D eigenvalue weighted by atomic mass is 19.3. The Morgan fingerprint density at radius 3 is 2.71 bits per heavy atom. The fraction of sp³-hybridized carbons (Fsp3) is 0.364. The lowest BCUT2D eigenvalue weighted by atomic mass is 10.1. The summed E-state index contributed by atoms with van der Waals surface area (Å²) in [6.07, 6.45) is 0. The molecule has 0 spiro atoms. The van der Waals surface area contributed by atoms with Crippen molar-refractivity contribution in [3.8, 4) is 5.75 Å². The number of alkyl halides is 2. The third-order valence-electron chi connectivity index (χ3n) is 2.14. The second-order valence-electron chi connectivity index (χ2n) is 3.72. The fourth-order valence-corrected chi connectivity index (χ4v) is 1.19. The molecule has 1 amide bonds. The molecule has 0 heterocycles. The van der Waals surface area contributed by atoms with Gasteiger partial charge in [-0.3, -0.25) is 4.79 Å². The van der Waals surface area contributed by atoms with E-state index in [2.05, 4.69) is 0 Å². The van der Waals surface area contributed by atoms with Crippen molar-refractivity contribution in [3.05, 3.63) is 29.3 Å². The lowest BCUT2D eigenvalue weighted by Gasteiger charge is -2.14. The normalized spacial score (nSPS) is 11.3. The quantitative estimate of drug-likeness (QED) is 0.742. The average molecular weight is 245 g/mol. The van der Waals surface area contributed by atoms with Gasteiger partial charge in [-0.05, 0) is 19.1 Å². The molecule has 1 aromatic carbocycles. The van der Waals surface area contributed by atoms with Crippen LogP contribution in [0.2, 0.25) is 0 Å². The van der Waals surface area contributed by atoms with Crippen molar-refractivity contribution < 1.29 is 23.8 Å². The molecule has 0 aromatic heterocycles. The van der Waals surface area contributed by atoms with E-state index in [0.29, 0.717) is 0 Å². The molecule has 3 N–H and O–H groups in total. The first-order valence-electron chi connectivity index (χ1n) is 4.92. The number of halogens is 2. The van der Waals surface area contributed by atoms with Crippen LogP contribution in [0.4, 0.5) is 8.78 Å². The first kappa shape index (κ1) is 13.4. The van der Waals surface area contributed by atoms with E-state index in [4.69, 9.17) is 5.11 Å². The molecule has 0 aliphatic carbocycles. The number of phenolic OH excluding ortho intramolecular Hbond substituents is 1. The van der Waals surface area contributed by atoms with Crippen molar-refractivity contribution in [1.29, 1.82) is 0 Å². The number of carbonyl (C=O) groups is 1. The van der Waals surface area contributed by atoms with Gasteiger partial charge in [0.1, 0.15) is 12.4 Å². The van der Waals surface area contributed by atoms with E-state index in [0.717, 1.165) is 5.56 Å². The molecule has 0 atom stereocenters. The first-order valence-corrected chi connectivity index (χ1v) is 4.92. The maximum atomic E-state index is 12.7. The summed E-state index contributed by atoms with van der Waals surface area (Å²) in [5, 5.41) is 19.7. The van der Waals surface area contributed by atoms with Crippen LogP contribution in [0.3, 0.4) is 0 Å². The largest absolute Gasteiger partial charge is 0.507 e. The Bertz CT molecular complexity index is 421. The monoisotopic (exact) mass is 245 g/mol. The molecule has 17 heavy (non-hydrogen) atoms. The molecule has 0 saturated carbocycles. The topological polar surface area (TPSA) is 69.6 Å². The van der Waals surface area contributed by atoms with Crippen molar-refractivity contribution in [2.45, 2.75) is 12.8 Å². The average Bonchev–Trinajstić information content (AvgIpc) is 2.29. The van der Waals surface area contributed by atoms with E-state index in [9.17, 15) is 18.7 Å². The number of aryl methyl sites for hydroxylation is 1. The zero-order valence-corrected chi connectivity index (χ0v) is 9.20. The van der Waals surface area contributed by atoms with Gasteiger partial charge in [-0.1, -0.05) is 11.6 Å². The minimum absolute atomic E-state index is 0.0706. The molecule has 0 saturated heterocycles. The molecule has 0 fully saturated rings. The van der Waals surface area contributed by atoms with Gasteiger partial charge in [0.25, 0.3) is 11.8 Å². The van der Waals surface area contributed by atoms with Gasteiger partial charge in [-0.2, -0.15) is 0 Å². The highest BCUT2D eigenvalue weighted by molar-refractivity contribution is 5.97. The Kier molecular flexibility index (Phi) is 4.01.